The highest BCUT2D eigenvalue weighted by Crippen LogP contribution is 2.31. The Labute approximate surface area is 61.8 Å². The Bertz CT molecular complexity index is 240. The van der Waals surface area contributed by atoms with Crippen LogP contribution in [0.1, 0.15) is 17.1 Å². The molecule has 0 radical (unpaired) electrons. The fraction of sp³-hybridized carbons (Fsp3) is 0.429. The third-order valence-electron chi connectivity index (χ3n) is 1.45. The predicted molar refractivity (Wildman–Crippen MR) is 33.2 cm³/mol. The summed E-state index contributed by atoms with van der Waals surface area (Å²) in [4.78, 5) is 0. The van der Waals surface area contributed by atoms with E-state index in [4.69, 9.17) is 0 Å². The van der Waals surface area contributed by atoms with Crippen LogP contribution in [0.4, 0.5) is 13.2 Å². The van der Waals surface area contributed by atoms with Gasteiger partial charge in [-0.25, -0.2) is 0 Å². The van der Waals surface area contributed by atoms with Crippen LogP contribution in [0.3, 0.4) is 0 Å². The molecule has 11 heavy (non-hydrogen) atoms. The van der Waals surface area contributed by atoms with E-state index in [1.54, 1.807) is 6.92 Å². The van der Waals surface area contributed by atoms with E-state index in [0.29, 0.717) is 11.3 Å². The van der Waals surface area contributed by atoms with Gasteiger partial charge >= 0.3 is 6.18 Å². The molecule has 0 saturated carbocycles. The molecule has 0 aliphatic carbocycles. The lowest BCUT2D eigenvalue weighted by Gasteiger charge is -1.99. The SMILES string of the molecule is Cc1cc(C(F)(F)F)oc1C. The van der Waals surface area contributed by atoms with Crippen LogP contribution in [0.15, 0.2) is 10.5 Å². The van der Waals surface area contributed by atoms with E-state index >= 15 is 0 Å². The topological polar surface area (TPSA) is 13.1 Å². The largest absolute Gasteiger partial charge is 0.457 e. The lowest BCUT2D eigenvalue weighted by molar-refractivity contribution is -0.153. The summed E-state index contributed by atoms with van der Waals surface area (Å²) in [6.45, 7) is 3.08. The summed E-state index contributed by atoms with van der Waals surface area (Å²) in [7, 11) is 0. The minimum Gasteiger partial charge on any atom is -0.457 e. The minimum atomic E-state index is -4.36. The van der Waals surface area contributed by atoms with E-state index in [2.05, 4.69) is 4.42 Å². The quantitative estimate of drug-likeness (QED) is 0.574. The molecule has 0 aromatic carbocycles. The molecule has 1 aromatic rings. The van der Waals surface area contributed by atoms with Gasteiger partial charge in [0.1, 0.15) is 5.76 Å². The van der Waals surface area contributed by atoms with Crippen LogP contribution < -0.4 is 0 Å². The molecular formula is C7H7F3O. The third kappa shape index (κ3) is 1.56. The van der Waals surface area contributed by atoms with E-state index < -0.39 is 11.9 Å². The Morgan fingerprint density at radius 1 is 1.27 bits per heavy atom. The van der Waals surface area contributed by atoms with E-state index in [1.165, 1.54) is 6.92 Å². The number of alkyl halides is 3. The van der Waals surface area contributed by atoms with Crippen LogP contribution in [-0.4, -0.2) is 0 Å². The van der Waals surface area contributed by atoms with Crippen LogP contribution in [-0.2, 0) is 6.18 Å². The first kappa shape index (κ1) is 8.17. The number of rotatable bonds is 0. The molecule has 0 atom stereocenters. The summed E-state index contributed by atoms with van der Waals surface area (Å²) >= 11 is 0. The zero-order valence-corrected chi connectivity index (χ0v) is 6.12. The van der Waals surface area contributed by atoms with Crippen molar-refractivity contribution in [3.8, 4) is 0 Å². The summed E-state index contributed by atoms with van der Waals surface area (Å²) in [5, 5.41) is 0. The Balaban J connectivity index is 3.08. The molecular weight excluding hydrogens is 157 g/mol. The van der Waals surface area contributed by atoms with Crippen molar-refractivity contribution in [3.63, 3.8) is 0 Å². The van der Waals surface area contributed by atoms with E-state index in [-0.39, 0.29) is 0 Å². The lowest BCUT2D eigenvalue weighted by atomic mass is 10.3. The van der Waals surface area contributed by atoms with E-state index in [1.807, 2.05) is 0 Å². The first-order valence-electron chi connectivity index (χ1n) is 3.05. The molecule has 0 saturated heterocycles. The number of aryl methyl sites for hydroxylation is 2. The second kappa shape index (κ2) is 2.29. The fourth-order valence-electron chi connectivity index (χ4n) is 0.713. The number of hydrogen-bond donors (Lipinski definition) is 0. The maximum absolute atomic E-state index is 11.9. The Morgan fingerprint density at radius 2 is 1.82 bits per heavy atom. The van der Waals surface area contributed by atoms with Crippen LogP contribution in [0.25, 0.3) is 0 Å². The van der Waals surface area contributed by atoms with Gasteiger partial charge < -0.3 is 4.42 Å². The molecule has 0 bridgehead atoms. The molecule has 1 heterocycles. The monoisotopic (exact) mass is 164 g/mol. The summed E-state index contributed by atoms with van der Waals surface area (Å²) in [6, 6.07) is 0.995. The highest BCUT2D eigenvalue weighted by molar-refractivity contribution is 5.20. The van der Waals surface area contributed by atoms with Crippen molar-refractivity contribution < 1.29 is 17.6 Å². The number of halogens is 3. The molecule has 0 spiro atoms. The average Bonchev–Trinajstić information content (AvgIpc) is 2.11. The van der Waals surface area contributed by atoms with Crippen molar-refractivity contribution in [2.45, 2.75) is 20.0 Å². The van der Waals surface area contributed by atoms with Gasteiger partial charge in [0.2, 0.25) is 5.76 Å². The van der Waals surface area contributed by atoms with E-state index in [0.717, 1.165) is 6.07 Å². The van der Waals surface area contributed by atoms with Gasteiger partial charge in [-0.05, 0) is 25.5 Å². The summed E-state index contributed by atoms with van der Waals surface area (Å²) in [5.41, 5.74) is 0.525. The van der Waals surface area contributed by atoms with Crippen molar-refractivity contribution in [1.82, 2.24) is 0 Å². The first-order chi connectivity index (χ1) is 4.91. The molecule has 4 heteroatoms. The van der Waals surface area contributed by atoms with Gasteiger partial charge in [0.25, 0.3) is 0 Å². The predicted octanol–water partition coefficient (Wildman–Crippen LogP) is 2.92. The maximum Gasteiger partial charge on any atom is 0.449 e. The van der Waals surface area contributed by atoms with Crippen molar-refractivity contribution in [2.75, 3.05) is 0 Å². The highest BCUT2D eigenvalue weighted by atomic mass is 19.4. The fourth-order valence-corrected chi connectivity index (χ4v) is 0.713. The molecule has 0 aliphatic heterocycles. The second-order valence-electron chi connectivity index (χ2n) is 2.35. The molecule has 0 aliphatic rings. The molecule has 0 unspecified atom stereocenters. The van der Waals surface area contributed by atoms with Gasteiger partial charge in [-0.2, -0.15) is 13.2 Å². The van der Waals surface area contributed by atoms with Gasteiger partial charge in [0, 0.05) is 0 Å². The Hall–Kier alpha value is -0.930. The van der Waals surface area contributed by atoms with Crippen molar-refractivity contribution in [2.24, 2.45) is 0 Å². The van der Waals surface area contributed by atoms with Crippen LogP contribution in [0.2, 0.25) is 0 Å². The van der Waals surface area contributed by atoms with Crippen LogP contribution in [0.5, 0.6) is 0 Å². The Kier molecular flexibility index (Phi) is 1.70. The second-order valence-corrected chi connectivity index (χ2v) is 2.35. The molecule has 1 aromatic heterocycles. The van der Waals surface area contributed by atoms with Gasteiger partial charge in [-0.3, -0.25) is 0 Å². The van der Waals surface area contributed by atoms with Crippen molar-refractivity contribution in [3.05, 3.63) is 23.2 Å². The molecule has 1 nitrogen and oxygen atoms in total. The summed E-state index contributed by atoms with van der Waals surface area (Å²) < 4.78 is 40.1. The van der Waals surface area contributed by atoms with Crippen LogP contribution >= 0.6 is 0 Å². The molecule has 0 N–H and O–H groups in total. The summed E-state index contributed by atoms with van der Waals surface area (Å²) in [5.74, 6) is -0.607. The molecule has 1 rings (SSSR count). The average molecular weight is 164 g/mol. The number of hydrogen-bond acceptors (Lipinski definition) is 1. The van der Waals surface area contributed by atoms with Crippen LogP contribution in [0, 0.1) is 13.8 Å². The maximum atomic E-state index is 11.9. The standard InChI is InChI=1S/C7H7F3O/c1-4-3-6(7(8,9)10)11-5(4)2/h3H,1-2H3. The van der Waals surface area contributed by atoms with Gasteiger partial charge in [-0.1, -0.05) is 0 Å². The first-order valence-corrected chi connectivity index (χ1v) is 3.05. The van der Waals surface area contributed by atoms with Gasteiger partial charge in [0.05, 0.1) is 0 Å². The molecule has 62 valence electrons. The van der Waals surface area contributed by atoms with Gasteiger partial charge in [-0.15, -0.1) is 0 Å². The van der Waals surface area contributed by atoms with Crippen molar-refractivity contribution >= 4 is 0 Å². The zero-order chi connectivity index (χ0) is 8.65. The molecule has 0 fully saturated rings. The van der Waals surface area contributed by atoms with Crippen molar-refractivity contribution in [1.29, 1.82) is 0 Å². The van der Waals surface area contributed by atoms with Gasteiger partial charge in [0.15, 0.2) is 0 Å². The molecule has 0 amide bonds. The summed E-state index contributed by atoms with van der Waals surface area (Å²) in [6.07, 6.45) is -4.36. The number of furan rings is 1. The smallest absolute Gasteiger partial charge is 0.449 e. The third-order valence-corrected chi connectivity index (χ3v) is 1.45. The lowest BCUT2D eigenvalue weighted by Crippen LogP contribution is -2.02. The highest BCUT2D eigenvalue weighted by Gasteiger charge is 2.35. The normalized spacial score (nSPS) is 12.1. The Morgan fingerprint density at radius 3 is 2.00 bits per heavy atom. The zero-order valence-electron chi connectivity index (χ0n) is 6.12. The minimum absolute atomic E-state index is 0.317. The van der Waals surface area contributed by atoms with E-state index in [9.17, 15) is 13.2 Å².